The van der Waals surface area contributed by atoms with Crippen molar-refractivity contribution in [3.63, 3.8) is 0 Å². The van der Waals surface area contributed by atoms with Crippen LogP contribution in [0.3, 0.4) is 0 Å². The molecule has 164 valence electrons. The first-order chi connectivity index (χ1) is 14.9. The fraction of sp³-hybridized carbons (Fsp3) is 0.455. The van der Waals surface area contributed by atoms with Crippen molar-refractivity contribution in [2.75, 3.05) is 36.4 Å². The van der Waals surface area contributed by atoms with Crippen molar-refractivity contribution < 1.29 is 4.79 Å². The van der Waals surface area contributed by atoms with Gasteiger partial charge in [-0.15, -0.1) is 0 Å². The second-order valence-electron chi connectivity index (χ2n) is 8.30. The molecule has 1 aromatic carbocycles. The number of carbonyl (C=O) groups is 1. The van der Waals surface area contributed by atoms with Gasteiger partial charge in [0.1, 0.15) is 11.8 Å². The van der Waals surface area contributed by atoms with E-state index in [0.717, 1.165) is 30.0 Å². The molecule has 0 bridgehead atoms. The molecule has 0 aliphatic carbocycles. The average Bonchev–Trinajstić information content (AvgIpc) is 3.11. The van der Waals surface area contributed by atoms with E-state index in [1.807, 2.05) is 17.0 Å². The average molecular weight is 442 g/mol. The Balaban J connectivity index is 1.49. The first-order valence-electron chi connectivity index (χ1n) is 10.7. The van der Waals surface area contributed by atoms with Gasteiger partial charge < -0.3 is 20.1 Å². The number of aromatic amines is 1. The van der Waals surface area contributed by atoms with Crippen LogP contribution in [0.25, 0.3) is 11.2 Å². The first-order valence-corrected chi connectivity index (χ1v) is 11.1. The molecule has 2 aromatic heterocycles. The van der Waals surface area contributed by atoms with E-state index in [9.17, 15) is 4.79 Å². The summed E-state index contributed by atoms with van der Waals surface area (Å²) in [5, 5.41) is 3.94. The van der Waals surface area contributed by atoms with E-state index in [4.69, 9.17) is 11.6 Å². The zero-order chi connectivity index (χ0) is 22.0. The molecule has 3 aromatic rings. The number of benzene rings is 1. The Hall–Kier alpha value is -2.87. The number of halogens is 1. The quantitative estimate of drug-likeness (QED) is 0.625. The van der Waals surface area contributed by atoms with Crippen molar-refractivity contribution >= 4 is 40.2 Å². The van der Waals surface area contributed by atoms with Gasteiger partial charge in [-0.3, -0.25) is 4.79 Å². The van der Waals surface area contributed by atoms with Gasteiger partial charge in [0.2, 0.25) is 0 Å². The summed E-state index contributed by atoms with van der Waals surface area (Å²) < 4.78 is 0. The molecule has 0 radical (unpaired) electrons. The highest BCUT2D eigenvalue weighted by molar-refractivity contribution is 6.34. The molecule has 0 spiro atoms. The highest BCUT2D eigenvalue weighted by Gasteiger charge is 2.24. The standard InChI is InChI=1S/C22H28ClN7O/c1-14(2)15(3)28-16-5-6-18(23)17(11-16)22(31)30-8-4-7-29(9-10-30)21-19-20(25-12-24-19)26-13-27-21/h5-6,11-15,28H,4,7-10H2,1-3H3,(H,24,25,26,27). The number of nitrogens with zero attached hydrogens (tertiary/aromatic N) is 5. The maximum atomic E-state index is 13.3. The van der Waals surface area contributed by atoms with Crippen molar-refractivity contribution in [3.05, 3.63) is 41.4 Å². The van der Waals surface area contributed by atoms with Crippen molar-refractivity contribution in [1.29, 1.82) is 0 Å². The Morgan fingerprint density at radius 3 is 2.77 bits per heavy atom. The van der Waals surface area contributed by atoms with Gasteiger partial charge in [-0.2, -0.15) is 0 Å². The SMILES string of the molecule is CC(C)C(C)Nc1ccc(Cl)c(C(=O)N2CCCN(c3ncnc4nc[nH]c34)CC2)c1. The highest BCUT2D eigenvalue weighted by atomic mass is 35.5. The van der Waals surface area contributed by atoms with Gasteiger partial charge in [-0.05, 0) is 37.5 Å². The normalized spacial score (nSPS) is 15.9. The van der Waals surface area contributed by atoms with E-state index in [-0.39, 0.29) is 5.91 Å². The van der Waals surface area contributed by atoms with Gasteiger partial charge in [0.15, 0.2) is 11.5 Å². The zero-order valence-electron chi connectivity index (χ0n) is 18.1. The van der Waals surface area contributed by atoms with E-state index < -0.39 is 0 Å². The molecule has 9 heteroatoms. The molecule has 1 fully saturated rings. The maximum Gasteiger partial charge on any atom is 0.255 e. The number of nitrogens with one attached hydrogen (secondary N) is 2. The minimum Gasteiger partial charge on any atom is -0.382 e. The molecule has 1 aliphatic heterocycles. The van der Waals surface area contributed by atoms with Gasteiger partial charge in [-0.1, -0.05) is 25.4 Å². The Bertz CT molecular complexity index is 1070. The largest absolute Gasteiger partial charge is 0.382 e. The third-order valence-corrected chi connectivity index (χ3v) is 6.21. The van der Waals surface area contributed by atoms with Crippen LogP contribution in [0.4, 0.5) is 11.5 Å². The van der Waals surface area contributed by atoms with E-state index >= 15 is 0 Å². The van der Waals surface area contributed by atoms with E-state index in [1.165, 1.54) is 6.33 Å². The van der Waals surface area contributed by atoms with Gasteiger partial charge in [0.05, 0.1) is 16.9 Å². The second kappa shape index (κ2) is 9.09. The lowest BCUT2D eigenvalue weighted by Gasteiger charge is -2.24. The van der Waals surface area contributed by atoms with Crippen LogP contribution in [0.15, 0.2) is 30.9 Å². The number of anilines is 2. The number of H-pyrrole nitrogens is 1. The molecule has 1 unspecified atom stereocenters. The summed E-state index contributed by atoms with van der Waals surface area (Å²) in [6.07, 6.45) is 3.99. The van der Waals surface area contributed by atoms with Gasteiger partial charge >= 0.3 is 0 Å². The summed E-state index contributed by atoms with van der Waals surface area (Å²) in [5.41, 5.74) is 2.92. The number of imidazole rings is 1. The predicted molar refractivity (Wildman–Crippen MR) is 124 cm³/mol. The van der Waals surface area contributed by atoms with Crippen molar-refractivity contribution in [1.82, 2.24) is 24.8 Å². The van der Waals surface area contributed by atoms with Crippen LogP contribution in [-0.4, -0.2) is 63.0 Å². The fourth-order valence-corrected chi connectivity index (χ4v) is 3.90. The van der Waals surface area contributed by atoms with Crippen molar-refractivity contribution in [3.8, 4) is 0 Å². The number of hydrogen-bond acceptors (Lipinski definition) is 6. The van der Waals surface area contributed by atoms with Crippen LogP contribution in [0, 0.1) is 5.92 Å². The molecule has 31 heavy (non-hydrogen) atoms. The smallest absolute Gasteiger partial charge is 0.255 e. The molecule has 1 amide bonds. The summed E-state index contributed by atoms with van der Waals surface area (Å²) in [6, 6.07) is 5.88. The second-order valence-corrected chi connectivity index (χ2v) is 8.71. The van der Waals surface area contributed by atoms with Crippen molar-refractivity contribution in [2.24, 2.45) is 5.92 Å². The Kier molecular flexibility index (Phi) is 6.27. The predicted octanol–water partition coefficient (Wildman–Crippen LogP) is 3.82. The number of hydrogen-bond donors (Lipinski definition) is 2. The highest BCUT2D eigenvalue weighted by Crippen LogP contribution is 2.25. The lowest BCUT2D eigenvalue weighted by atomic mass is 10.1. The molecule has 1 atom stereocenters. The van der Waals surface area contributed by atoms with Crippen LogP contribution < -0.4 is 10.2 Å². The summed E-state index contributed by atoms with van der Waals surface area (Å²) >= 11 is 6.41. The molecule has 2 N–H and O–H groups in total. The number of rotatable bonds is 5. The Morgan fingerprint density at radius 2 is 1.97 bits per heavy atom. The van der Waals surface area contributed by atoms with E-state index in [2.05, 4.69) is 50.9 Å². The summed E-state index contributed by atoms with van der Waals surface area (Å²) in [4.78, 5) is 33.3. The first kappa shape index (κ1) is 21.4. The molecule has 3 heterocycles. The summed E-state index contributed by atoms with van der Waals surface area (Å²) in [5.74, 6) is 1.26. The molecule has 8 nitrogen and oxygen atoms in total. The molecule has 1 saturated heterocycles. The topological polar surface area (TPSA) is 90.0 Å². The van der Waals surface area contributed by atoms with E-state index in [1.54, 1.807) is 12.4 Å². The maximum absolute atomic E-state index is 13.3. The van der Waals surface area contributed by atoms with Crippen LogP contribution >= 0.6 is 11.6 Å². The van der Waals surface area contributed by atoms with Crippen LogP contribution in [0.1, 0.15) is 37.6 Å². The summed E-state index contributed by atoms with van der Waals surface area (Å²) in [6.45, 7) is 9.20. The monoisotopic (exact) mass is 441 g/mol. The summed E-state index contributed by atoms with van der Waals surface area (Å²) in [7, 11) is 0. The zero-order valence-corrected chi connectivity index (χ0v) is 18.9. The molecule has 0 saturated carbocycles. The molecular weight excluding hydrogens is 414 g/mol. The van der Waals surface area contributed by atoms with Gasteiger partial charge in [0, 0.05) is 37.9 Å². The number of aromatic nitrogens is 4. The lowest BCUT2D eigenvalue weighted by molar-refractivity contribution is 0.0767. The Morgan fingerprint density at radius 1 is 1.13 bits per heavy atom. The minimum absolute atomic E-state index is 0.0397. The molecular formula is C22H28ClN7O. The third kappa shape index (κ3) is 4.58. The van der Waals surface area contributed by atoms with E-state index in [0.29, 0.717) is 47.8 Å². The lowest BCUT2D eigenvalue weighted by Crippen LogP contribution is -2.35. The van der Waals surface area contributed by atoms with Crippen LogP contribution in [0.5, 0.6) is 0 Å². The minimum atomic E-state index is -0.0397. The number of fused-ring (bicyclic) bond motifs is 1. The third-order valence-electron chi connectivity index (χ3n) is 5.88. The van der Waals surface area contributed by atoms with Crippen LogP contribution in [-0.2, 0) is 0 Å². The number of carbonyl (C=O) groups excluding carboxylic acids is 1. The van der Waals surface area contributed by atoms with Gasteiger partial charge in [-0.25, -0.2) is 15.0 Å². The van der Waals surface area contributed by atoms with Crippen molar-refractivity contribution in [2.45, 2.75) is 33.2 Å². The van der Waals surface area contributed by atoms with Crippen LogP contribution in [0.2, 0.25) is 5.02 Å². The Labute approximate surface area is 187 Å². The molecule has 1 aliphatic rings. The number of amides is 1. The fourth-order valence-electron chi connectivity index (χ4n) is 3.70. The molecule has 4 rings (SSSR count). The van der Waals surface area contributed by atoms with Gasteiger partial charge in [0.25, 0.3) is 5.91 Å².